The van der Waals surface area contributed by atoms with Crippen LogP contribution in [0.1, 0.15) is 0 Å². The van der Waals surface area contributed by atoms with E-state index in [4.69, 9.17) is 0 Å². The summed E-state index contributed by atoms with van der Waals surface area (Å²) in [5, 5.41) is 4.67. The molecule has 0 atom stereocenters. The molecule has 0 unspecified atom stereocenters. The number of halogens is 1. The van der Waals surface area contributed by atoms with Crippen LogP contribution in [0.5, 0.6) is 0 Å². The highest BCUT2D eigenvalue weighted by Crippen LogP contribution is 2.31. The van der Waals surface area contributed by atoms with E-state index in [1.54, 1.807) is 0 Å². The Morgan fingerprint density at radius 3 is 2.84 bits per heavy atom. The smallest absolute Gasteiger partial charge is 0.234 e. The third-order valence-corrected chi connectivity index (χ3v) is 5.19. The number of amides is 1. The Morgan fingerprint density at radius 1 is 1.16 bits per heavy atom. The number of hydrogen-bond donors (Lipinski definition) is 2. The quantitative estimate of drug-likeness (QED) is 0.379. The molecule has 4 aromatic rings. The molecule has 0 saturated heterocycles. The van der Waals surface area contributed by atoms with Crippen LogP contribution in [0.4, 0.5) is 5.69 Å². The number of para-hydroxylation sites is 1. The van der Waals surface area contributed by atoms with Crippen LogP contribution >= 0.6 is 27.7 Å². The van der Waals surface area contributed by atoms with Crippen molar-refractivity contribution in [2.45, 2.75) is 5.03 Å². The molecule has 2 heterocycles. The van der Waals surface area contributed by atoms with E-state index in [2.05, 4.69) is 36.2 Å². The number of nitrogens with zero attached hydrogens (tertiary/aromatic N) is 2. The molecule has 25 heavy (non-hydrogen) atoms. The maximum atomic E-state index is 12.1. The molecule has 5 nitrogen and oxygen atoms in total. The molecule has 0 aliphatic carbocycles. The standard InChI is InChI=1S/C18H13BrN4OS/c19-11-6-7-14-13(8-11)16-17(23-14)18(21-10-20-16)25-9-15(24)22-12-4-2-1-3-5-12/h1-8,10,23H,9H2,(H,22,24). The second-order valence-electron chi connectivity index (χ2n) is 5.42. The third kappa shape index (κ3) is 3.38. The number of rotatable bonds is 4. The van der Waals surface area contributed by atoms with E-state index in [1.165, 1.54) is 18.1 Å². The SMILES string of the molecule is O=C(CSc1ncnc2c1[nH]c1ccc(Br)cc12)Nc1ccccc1. The Morgan fingerprint density at radius 2 is 2.00 bits per heavy atom. The fourth-order valence-corrected chi connectivity index (χ4v) is 3.72. The number of nitrogens with one attached hydrogen (secondary N) is 2. The van der Waals surface area contributed by atoms with Crippen molar-refractivity contribution in [1.29, 1.82) is 0 Å². The van der Waals surface area contributed by atoms with Crippen molar-refractivity contribution in [3.05, 3.63) is 59.3 Å². The van der Waals surface area contributed by atoms with Crippen LogP contribution in [-0.4, -0.2) is 26.6 Å². The monoisotopic (exact) mass is 412 g/mol. The van der Waals surface area contributed by atoms with Crippen molar-refractivity contribution in [3.8, 4) is 0 Å². The molecule has 1 amide bonds. The van der Waals surface area contributed by atoms with Gasteiger partial charge in [-0.25, -0.2) is 9.97 Å². The Bertz CT molecular complexity index is 1060. The number of aromatic nitrogens is 3. The largest absolute Gasteiger partial charge is 0.351 e. The van der Waals surface area contributed by atoms with Gasteiger partial charge < -0.3 is 10.3 Å². The van der Waals surface area contributed by atoms with Crippen molar-refractivity contribution in [2.75, 3.05) is 11.1 Å². The van der Waals surface area contributed by atoms with Gasteiger partial charge >= 0.3 is 0 Å². The summed E-state index contributed by atoms with van der Waals surface area (Å²) in [5.74, 6) is 0.210. The van der Waals surface area contributed by atoms with Crippen LogP contribution < -0.4 is 5.32 Å². The molecule has 7 heteroatoms. The summed E-state index contributed by atoms with van der Waals surface area (Å²) in [6, 6.07) is 15.4. The van der Waals surface area contributed by atoms with Crippen molar-refractivity contribution < 1.29 is 4.79 Å². The van der Waals surface area contributed by atoms with E-state index in [9.17, 15) is 4.79 Å². The van der Waals surface area contributed by atoms with Gasteiger partial charge in [-0.1, -0.05) is 45.9 Å². The average molecular weight is 413 g/mol. The van der Waals surface area contributed by atoms with Gasteiger partial charge in [0, 0.05) is 21.1 Å². The second kappa shape index (κ2) is 6.85. The van der Waals surface area contributed by atoms with Crippen LogP contribution in [0.3, 0.4) is 0 Å². The van der Waals surface area contributed by atoms with Gasteiger partial charge in [-0.15, -0.1) is 0 Å². The molecule has 2 N–H and O–H groups in total. The van der Waals surface area contributed by atoms with Crippen LogP contribution in [0.25, 0.3) is 21.9 Å². The highest BCUT2D eigenvalue weighted by molar-refractivity contribution is 9.10. The fourth-order valence-electron chi connectivity index (χ4n) is 2.60. The Labute approximate surface area is 156 Å². The number of thioether (sulfide) groups is 1. The predicted octanol–water partition coefficient (Wildman–Crippen LogP) is 4.60. The third-order valence-electron chi connectivity index (χ3n) is 3.71. The molecule has 124 valence electrons. The van der Waals surface area contributed by atoms with Crippen molar-refractivity contribution >= 4 is 61.2 Å². The highest BCUT2D eigenvalue weighted by atomic mass is 79.9. The molecule has 0 bridgehead atoms. The Kier molecular flexibility index (Phi) is 4.42. The summed E-state index contributed by atoms with van der Waals surface area (Å²) in [5.41, 5.74) is 3.50. The maximum absolute atomic E-state index is 12.1. The highest BCUT2D eigenvalue weighted by Gasteiger charge is 2.13. The van der Waals surface area contributed by atoms with E-state index in [0.29, 0.717) is 0 Å². The zero-order chi connectivity index (χ0) is 17.2. The first-order chi connectivity index (χ1) is 12.2. The lowest BCUT2D eigenvalue weighted by Gasteiger charge is -2.05. The van der Waals surface area contributed by atoms with E-state index in [-0.39, 0.29) is 11.7 Å². The van der Waals surface area contributed by atoms with Gasteiger partial charge in [0.1, 0.15) is 16.9 Å². The van der Waals surface area contributed by atoms with Gasteiger partial charge in [-0.3, -0.25) is 4.79 Å². The van der Waals surface area contributed by atoms with E-state index in [1.807, 2.05) is 48.5 Å². The first-order valence-corrected chi connectivity index (χ1v) is 9.38. The maximum Gasteiger partial charge on any atom is 0.234 e. The first-order valence-electron chi connectivity index (χ1n) is 7.60. The van der Waals surface area contributed by atoms with Gasteiger partial charge in [0.25, 0.3) is 0 Å². The molecule has 0 saturated carbocycles. The predicted molar refractivity (Wildman–Crippen MR) is 105 cm³/mol. The summed E-state index contributed by atoms with van der Waals surface area (Å²) in [7, 11) is 0. The Balaban J connectivity index is 1.57. The average Bonchev–Trinajstić information content (AvgIpc) is 2.99. The molecule has 0 aliphatic heterocycles. The van der Waals surface area contributed by atoms with Crippen LogP contribution in [-0.2, 0) is 4.79 Å². The zero-order valence-corrected chi connectivity index (χ0v) is 15.4. The molecular weight excluding hydrogens is 400 g/mol. The minimum Gasteiger partial charge on any atom is -0.351 e. The van der Waals surface area contributed by atoms with Crippen molar-refractivity contribution in [2.24, 2.45) is 0 Å². The van der Waals surface area contributed by atoms with Gasteiger partial charge in [0.15, 0.2) is 0 Å². The number of H-pyrrole nitrogens is 1. The number of fused-ring (bicyclic) bond motifs is 3. The minimum atomic E-state index is -0.0678. The molecule has 0 fully saturated rings. The normalized spacial score (nSPS) is 11.1. The van der Waals surface area contributed by atoms with Crippen LogP contribution in [0, 0.1) is 0 Å². The summed E-state index contributed by atoms with van der Waals surface area (Å²) < 4.78 is 0.996. The number of anilines is 1. The lowest BCUT2D eigenvalue weighted by atomic mass is 10.2. The summed E-state index contributed by atoms with van der Waals surface area (Å²) >= 11 is 4.88. The number of aromatic amines is 1. The van der Waals surface area contributed by atoms with Crippen molar-refractivity contribution in [3.63, 3.8) is 0 Å². The van der Waals surface area contributed by atoms with Gasteiger partial charge in [-0.2, -0.15) is 0 Å². The van der Waals surface area contributed by atoms with Crippen LogP contribution in [0.2, 0.25) is 0 Å². The molecule has 0 aliphatic rings. The number of hydrogen-bond acceptors (Lipinski definition) is 4. The van der Waals surface area contributed by atoms with Gasteiger partial charge in [0.05, 0.1) is 11.3 Å². The number of carbonyl (C=O) groups is 1. The first kappa shape index (κ1) is 16.1. The van der Waals surface area contributed by atoms with Crippen LogP contribution in [0.15, 0.2) is 64.4 Å². The second-order valence-corrected chi connectivity index (χ2v) is 7.30. The van der Waals surface area contributed by atoms with Crippen molar-refractivity contribution in [1.82, 2.24) is 15.0 Å². The number of benzene rings is 2. The lowest BCUT2D eigenvalue weighted by molar-refractivity contribution is -0.113. The topological polar surface area (TPSA) is 70.7 Å². The zero-order valence-electron chi connectivity index (χ0n) is 13.0. The van der Waals surface area contributed by atoms with E-state index < -0.39 is 0 Å². The fraction of sp³-hybridized carbons (Fsp3) is 0.0556. The molecule has 2 aromatic carbocycles. The molecule has 2 aromatic heterocycles. The minimum absolute atomic E-state index is 0.0678. The molecule has 0 radical (unpaired) electrons. The molecule has 0 spiro atoms. The Hall–Kier alpha value is -2.38. The van der Waals surface area contributed by atoms with Gasteiger partial charge in [-0.05, 0) is 30.3 Å². The summed E-state index contributed by atoms with van der Waals surface area (Å²) in [4.78, 5) is 24.2. The number of carbonyl (C=O) groups excluding carboxylic acids is 1. The molecular formula is C18H13BrN4OS. The summed E-state index contributed by atoms with van der Waals surface area (Å²) in [6.45, 7) is 0. The van der Waals surface area contributed by atoms with E-state index >= 15 is 0 Å². The van der Waals surface area contributed by atoms with E-state index in [0.717, 1.165) is 37.1 Å². The van der Waals surface area contributed by atoms with Gasteiger partial charge in [0.2, 0.25) is 5.91 Å². The summed E-state index contributed by atoms with van der Waals surface area (Å²) in [6.07, 6.45) is 1.54. The lowest BCUT2D eigenvalue weighted by Crippen LogP contribution is -2.14. The molecule has 4 rings (SSSR count).